The zero-order chi connectivity index (χ0) is 7.71. The van der Waals surface area contributed by atoms with Gasteiger partial charge in [-0.25, -0.2) is 0 Å². The lowest BCUT2D eigenvalue weighted by Gasteiger charge is -2.35. The molecule has 0 aliphatic heterocycles. The SMILES string of the molecule is [B]C([B])(OI)C(C)(C)I. The highest BCUT2D eigenvalue weighted by atomic mass is 127. The zero-order valence-electron chi connectivity index (χ0n) is 5.32. The van der Waals surface area contributed by atoms with Crippen LogP contribution in [-0.2, 0) is 3.07 Å². The van der Waals surface area contributed by atoms with Crippen molar-refractivity contribution in [1.29, 1.82) is 0 Å². The molecule has 0 spiro atoms. The number of hydrogen-bond acceptors (Lipinski definition) is 1. The Morgan fingerprint density at radius 1 is 1.33 bits per heavy atom. The molecule has 1 nitrogen and oxygen atoms in total. The first kappa shape index (κ1) is 10.5. The summed E-state index contributed by atoms with van der Waals surface area (Å²) in [5.41, 5.74) is 0. The maximum atomic E-state index is 5.53. The summed E-state index contributed by atoms with van der Waals surface area (Å²) in [5.74, 6) is 0. The molecule has 9 heavy (non-hydrogen) atoms. The molecular weight excluding hydrogens is 339 g/mol. The van der Waals surface area contributed by atoms with E-state index in [-0.39, 0.29) is 3.42 Å². The molecule has 0 saturated heterocycles. The standard InChI is InChI=1S/C4H6B2I2O/c1-3(2,7)4(5,6)9-8/h1-2H3. The Balaban J connectivity index is 4.14. The van der Waals surface area contributed by atoms with Crippen molar-refractivity contribution in [2.75, 3.05) is 0 Å². The van der Waals surface area contributed by atoms with Gasteiger partial charge in [-0.05, 0) is 13.8 Å². The second-order valence-corrected chi connectivity index (χ2v) is 5.48. The first-order chi connectivity index (χ1) is 3.81. The van der Waals surface area contributed by atoms with Crippen LogP contribution < -0.4 is 0 Å². The summed E-state index contributed by atoms with van der Waals surface area (Å²) in [6.45, 7) is 3.82. The van der Waals surface area contributed by atoms with Crippen LogP contribution in [-0.4, -0.2) is 24.5 Å². The third-order valence-corrected chi connectivity index (χ3v) is 2.63. The largest absolute Gasteiger partial charge is 0.328 e. The van der Waals surface area contributed by atoms with Gasteiger partial charge in [-0.15, -0.1) is 0 Å². The number of halogens is 2. The molecule has 0 aromatic rings. The quantitative estimate of drug-likeness (QED) is 0.419. The van der Waals surface area contributed by atoms with Crippen LogP contribution in [0.15, 0.2) is 0 Å². The van der Waals surface area contributed by atoms with Crippen LogP contribution in [0.3, 0.4) is 0 Å². The van der Waals surface area contributed by atoms with Crippen molar-refractivity contribution in [3.05, 3.63) is 0 Å². The predicted octanol–water partition coefficient (Wildman–Crippen LogP) is 1.56. The first-order valence-corrected chi connectivity index (χ1v) is 4.33. The van der Waals surface area contributed by atoms with Crippen molar-refractivity contribution in [2.24, 2.45) is 0 Å². The van der Waals surface area contributed by atoms with Crippen LogP contribution >= 0.6 is 45.6 Å². The second kappa shape index (κ2) is 3.30. The fourth-order valence-electron chi connectivity index (χ4n) is 0.0917. The Morgan fingerprint density at radius 3 is 1.67 bits per heavy atom. The van der Waals surface area contributed by atoms with Gasteiger partial charge in [0.2, 0.25) is 0 Å². The minimum Gasteiger partial charge on any atom is -0.328 e. The van der Waals surface area contributed by atoms with Crippen LogP contribution in [0.2, 0.25) is 0 Å². The van der Waals surface area contributed by atoms with Crippen molar-refractivity contribution >= 4 is 61.3 Å². The van der Waals surface area contributed by atoms with E-state index in [1.54, 1.807) is 23.0 Å². The maximum absolute atomic E-state index is 5.53. The molecule has 0 fully saturated rings. The summed E-state index contributed by atoms with van der Waals surface area (Å²) in [6.07, 6.45) is 0. The minimum absolute atomic E-state index is 0.258. The van der Waals surface area contributed by atoms with Crippen molar-refractivity contribution < 1.29 is 3.07 Å². The van der Waals surface area contributed by atoms with Gasteiger partial charge >= 0.3 is 0 Å². The molecule has 0 aliphatic rings. The van der Waals surface area contributed by atoms with Gasteiger partial charge < -0.3 is 3.07 Å². The van der Waals surface area contributed by atoms with E-state index in [0.717, 1.165) is 0 Å². The van der Waals surface area contributed by atoms with Crippen molar-refractivity contribution in [3.63, 3.8) is 0 Å². The summed E-state index contributed by atoms with van der Waals surface area (Å²) in [6, 6.07) is 0. The van der Waals surface area contributed by atoms with Crippen LogP contribution in [0.4, 0.5) is 0 Å². The normalized spacial score (nSPS) is 13.8. The van der Waals surface area contributed by atoms with Crippen molar-refractivity contribution in [1.82, 2.24) is 0 Å². The summed E-state index contributed by atoms with van der Waals surface area (Å²) >= 11 is 3.84. The van der Waals surface area contributed by atoms with Crippen LogP contribution in [0.1, 0.15) is 13.8 Å². The molecule has 0 atom stereocenters. The highest BCUT2D eigenvalue weighted by molar-refractivity contribution is 14.1. The summed E-state index contributed by atoms with van der Waals surface area (Å²) in [7, 11) is 11.1. The van der Waals surface area contributed by atoms with Gasteiger partial charge in [0, 0.05) is 8.82 Å². The van der Waals surface area contributed by atoms with E-state index in [1.807, 2.05) is 13.8 Å². The lowest BCUT2D eigenvalue weighted by Crippen LogP contribution is -2.47. The Hall–Kier alpha value is 1.55. The van der Waals surface area contributed by atoms with Gasteiger partial charge in [-0.2, -0.15) is 0 Å². The molecule has 0 aromatic carbocycles. The van der Waals surface area contributed by atoms with Gasteiger partial charge in [0.25, 0.3) is 0 Å². The molecule has 48 valence electrons. The summed E-state index contributed by atoms with van der Waals surface area (Å²) in [4.78, 5) is 0. The van der Waals surface area contributed by atoms with Gasteiger partial charge in [0.15, 0.2) is 0 Å². The van der Waals surface area contributed by atoms with Crippen molar-refractivity contribution in [3.8, 4) is 0 Å². The second-order valence-electron chi connectivity index (χ2n) is 2.34. The molecule has 0 amide bonds. The molecule has 5 heteroatoms. The molecule has 0 bridgehead atoms. The highest BCUT2D eigenvalue weighted by Gasteiger charge is 2.33. The smallest absolute Gasteiger partial charge is 0.108 e. The monoisotopic (exact) mass is 346 g/mol. The molecule has 0 heterocycles. The molecule has 0 saturated carbocycles. The van der Waals surface area contributed by atoms with E-state index >= 15 is 0 Å². The Kier molecular flexibility index (Phi) is 3.87. The Morgan fingerprint density at radius 2 is 1.67 bits per heavy atom. The maximum Gasteiger partial charge on any atom is 0.108 e. The average Bonchev–Trinajstić information content (AvgIpc) is 1.64. The van der Waals surface area contributed by atoms with Gasteiger partial charge in [-0.3, -0.25) is 0 Å². The topological polar surface area (TPSA) is 9.23 Å². The molecule has 0 N–H and O–H groups in total. The van der Waals surface area contributed by atoms with Gasteiger partial charge in [0.05, 0.1) is 0 Å². The molecule has 0 aliphatic carbocycles. The Bertz CT molecular complexity index is 99.2. The van der Waals surface area contributed by atoms with E-state index in [0.29, 0.717) is 0 Å². The third kappa shape index (κ3) is 2.96. The highest BCUT2D eigenvalue weighted by Crippen LogP contribution is 2.30. The number of hydrogen-bond donors (Lipinski definition) is 0. The van der Waals surface area contributed by atoms with Crippen molar-refractivity contribution in [2.45, 2.75) is 22.7 Å². The van der Waals surface area contributed by atoms with E-state index < -0.39 is 5.40 Å². The number of rotatable bonds is 2. The molecular formula is C4H6B2I2O. The lowest BCUT2D eigenvalue weighted by atomic mass is 9.59. The fraction of sp³-hybridized carbons (Fsp3) is 1.00. The average molecular weight is 346 g/mol. The zero-order valence-corrected chi connectivity index (χ0v) is 9.63. The predicted molar refractivity (Wildman–Crippen MR) is 57.4 cm³/mol. The third-order valence-electron chi connectivity index (χ3n) is 1.06. The summed E-state index contributed by atoms with van der Waals surface area (Å²) < 4.78 is 4.56. The van der Waals surface area contributed by atoms with Gasteiger partial charge in [-0.1, -0.05) is 22.6 Å². The van der Waals surface area contributed by atoms with Gasteiger partial charge in [0.1, 0.15) is 38.7 Å². The first-order valence-electron chi connectivity index (χ1n) is 2.37. The summed E-state index contributed by atoms with van der Waals surface area (Å²) in [5, 5.41) is -1.05. The molecule has 0 rings (SSSR count). The molecule has 0 aromatic heterocycles. The fourth-order valence-corrected chi connectivity index (χ4v) is 1.17. The Labute approximate surface area is 86.3 Å². The number of alkyl halides is 1. The molecule has 4 radical (unpaired) electrons. The minimum atomic E-state index is -1.05. The van der Waals surface area contributed by atoms with Crippen LogP contribution in [0, 0.1) is 0 Å². The van der Waals surface area contributed by atoms with E-state index in [9.17, 15) is 0 Å². The van der Waals surface area contributed by atoms with E-state index in [2.05, 4.69) is 22.6 Å². The van der Waals surface area contributed by atoms with E-state index in [1.165, 1.54) is 0 Å². The van der Waals surface area contributed by atoms with E-state index in [4.69, 9.17) is 18.8 Å². The van der Waals surface area contributed by atoms with Crippen LogP contribution in [0.5, 0.6) is 0 Å². The lowest BCUT2D eigenvalue weighted by molar-refractivity contribution is 0.293. The van der Waals surface area contributed by atoms with Crippen LogP contribution in [0.25, 0.3) is 0 Å². The molecule has 0 unspecified atom stereocenters.